The first-order valence-electron chi connectivity index (χ1n) is 9.32. The van der Waals surface area contributed by atoms with Gasteiger partial charge in [-0.15, -0.1) is 0 Å². The maximum absolute atomic E-state index is 13.0. The number of benzene rings is 1. The molecule has 1 aromatic heterocycles. The lowest BCUT2D eigenvalue weighted by Gasteiger charge is -2.37. The number of aryl methyl sites for hydroxylation is 1. The van der Waals surface area contributed by atoms with Crippen molar-refractivity contribution in [2.24, 2.45) is 40.6 Å². The molecule has 5 heteroatoms. The Kier molecular flexibility index (Phi) is 2.63. The number of allylic oxidation sites excluding steroid dienone is 2. The topological polar surface area (TPSA) is 65.5 Å². The highest BCUT2D eigenvalue weighted by Crippen LogP contribution is 2.65. The van der Waals surface area contributed by atoms with E-state index in [0.29, 0.717) is 11.8 Å². The molecule has 0 spiro atoms. The number of nitrogens with zero attached hydrogens (tertiary/aromatic N) is 2. The summed E-state index contributed by atoms with van der Waals surface area (Å²) in [7, 11) is 0. The zero-order valence-electron chi connectivity index (χ0n) is 14.4. The van der Waals surface area contributed by atoms with E-state index >= 15 is 0 Å². The monoisotopic (exact) mass is 345 g/mol. The van der Waals surface area contributed by atoms with E-state index < -0.39 is 0 Å². The lowest BCUT2D eigenvalue weighted by molar-refractivity contribution is -0.140. The van der Waals surface area contributed by atoms with Gasteiger partial charge < -0.3 is 4.98 Å². The van der Waals surface area contributed by atoms with Crippen LogP contribution >= 0.6 is 0 Å². The molecule has 0 radical (unpaired) electrons. The molecule has 2 bridgehead atoms. The summed E-state index contributed by atoms with van der Waals surface area (Å²) in [5, 5.41) is 6.56. The molecular weight excluding hydrogens is 326 g/mol. The number of rotatable bonds is 2. The summed E-state index contributed by atoms with van der Waals surface area (Å²) in [6.07, 6.45) is 7.20. The molecule has 1 N–H and O–H groups in total. The normalized spacial score (nSPS) is 37.0. The summed E-state index contributed by atoms with van der Waals surface area (Å²) < 4.78 is 0. The van der Waals surface area contributed by atoms with Crippen molar-refractivity contribution in [1.82, 2.24) is 9.99 Å². The van der Waals surface area contributed by atoms with Crippen LogP contribution in [0.1, 0.15) is 17.7 Å². The van der Waals surface area contributed by atoms with Crippen LogP contribution in [0.2, 0.25) is 0 Å². The number of amides is 2. The van der Waals surface area contributed by atoms with Gasteiger partial charge in [0, 0.05) is 22.2 Å². The Bertz CT molecular complexity index is 997. The molecule has 3 fully saturated rings. The van der Waals surface area contributed by atoms with E-state index in [0.717, 1.165) is 27.2 Å². The van der Waals surface area contributed by atoms with Crippen LogP contribution in [-0.2, 0) is 9.59 Å². The first kappa shape index (κ1) is 14.5. The summed E-state index contributed by atoms with van der Waals surface area (Å²) in [4.78, 5) is 29.2. The predicted octanol–water partition coefficient (Wildman–Crippen LogP) is 2.86. The second-order valence-corrected chi connectivity index (χ2v) is 8.10. The molecule has 5 nitrogen and oxygen atoms in total. The number of hydrogen-bond donors (Lipinski definition) is 1. The largest absolute Gasteiger partial charge is 0.358 e. The highest BCUT2D eigenvalue weighted by molar-refractivity contribution is 6.07. The Morgan fingerprint density at radius 1 is 1.08 bits per heavy atom. The van der Waals surface area contributed by atoms with Gasteiger partial charge in [0.05, 0.1) is 18.1 Å². The Hall–Kier alpha value is -2.69. The number of hydrazone groups is 1. The van der Waals surface area contributed by atoms with Gasteiger partial charge in [-0.2, -0.15) is 10.1 Å². The number of para-hydroxylation sites is 1. The molecule has 130 valence electrons. The Balaban J connectivity index is 1.36. The second-order valence-electron chi connectivity index (χ2n) is 8.10. The van der Waals surface area contributed by atoms with E-state index in [9.17, 15) is 9.59 Å². The standard InChI is InChI=1S/C21H19N3O2/c1-10-16(11-4-2-3-5-17(11)23-10)9-22-24-20(25)18-12-6-7-13(15-8-14(12)15)19(18)21(24)26/h2-7,9,12-15,18-19,23H,8H2,1H3/b22-9+/t12-,13-,14-,15-,18+,19+/m1/s1. The van der Waals surface area contributed by atoms with Crippen molar-refractivity contribution in [3.8, 4) is 0 Å². The van der Waals surface area contributed by atoms with Gasteiger partial charge in [-0.3, -0.25) is 9.59 Å². The number of nitrogens with one attached hydrogen (secondary N) is 1. The van der Waals surface area contributed by atoms with Gasteiger partial charge in [0.1, 0.15) is 0 Å². The molecule has 2 saturated carbocycles. The van der Waals surface area contributed by atoms with Crippen molar-refractivity contribution in [3.63, 3.8) is 0 Å². The summed E-state index contributed by atoms with van der Waals surface area (Å²) in [5.41, 5.74) is 2.94. The molecule has 6 atom stereocenters. The SMILES string of the molecule is Cc1[nH]c2ccccc2c1/C=N/N1C(=O)[C@H]2[C@@H]3C=C[C@H]([C@H]4C[C@H]34)[C@@H]2C1=O. The molecule has 1 saturated heterocycles. The lowest BCUT2D eigenvalue weighted by Crippen LogP contribution is -2.40. The van der Waals surface area contributed by atoms with Crippen molar-refractivity contribution in [3.05, 3.63) is 47.7 Å². The minimum absolute atomic E-state index is 0.113. The van der Waals surface area contributed by atoms with E-state index in [2.05, 4.69) is 22.2 Å². The van der Waals surface area contributed by atoms with E-state index in [1.165, 1.54) is 6.42 Å². The van der Waals surface area contributed by atoms with Crippen LogP contribution in [0, 0.1) is 42.4 Å². The smallest absolute Gasteiger partial charge is 0.254 e. The summed E-state index contributed by atoms with van der Waals surface area (Å²) in [6, 6.07) is 7.98. The average molecular weight is 345 g/mol. The van der Waals surface area contributed by atoms with Crippen molar-refractivity contribution in [2.75, 3.05) is 0 Å². The molecular formula is C21H19N3O2. The van der Waals surface area contributed by atoms with E-state index in [1.54, 1.807) is 6.21 Å². The number of imide groups is 1. The van der Waals surface area contributed by atoms with Crippen LogP contribution in [0.4, 0.5) is 0 Å². The maximum Gasteiger partial charge on any atom is 0.254 e. The van der Waals surface area contributed by atoms with Gasteiger partial charge in [-0.1, -0.05) is 30.4 Å². The van der Waals surface area contributed by atoms with Crippen LogP contribution in [0.5, 0.6) is 0 Å². The van der Waals surface area contributed by atoms with Crippen LogP contribution in [0.25, 0.3) is 10.9 Å². The molecule has 0 unspecified atom stereocenters. The van der Waals surface area contributed by atoms with Gasteiger partial charge in [0.2, 0.25) is 0 Å². The van der Waals surface area contributed by atoms with Crippen molar-refractivity contribution in [2.45, 2.75) is 13.3 Å². The first-order valence-corrected chi connectivity index (χ1v) is 9.32. The number of hydrogen-bond acceptors (Lipinski definition) is 3. The van der Waals surface area contributed by atoms with E-state index in [-0.39, 0.29) is 35.5 Å². The molecule has 2 amide bonds. The molecule has 2 aromatic rings. The minimum atomic E-state index is -0.192. The third kappa shape index (κ3) is 1.68. The summed E-state index contributed by atoms with van der Waals surface area (Å²) in [5.74, 6) is 1.09. The molecule has 2 heterocycles. The lowest BCUT2D eigenvalue weighted by atomic mass is 9.63. The fourth-order valence-corrected chi connectivity index (χ4v) is 5.64. The Morgan fingerprint density at radius 3 is 2.42 bits per heavy atom. The van der Waals surface area contributed by atoms with Crippen LogP contribution in [-0.4, -0.2) is 28.0 Å². The summed E-state index contributed by atoms with van der Waals surface area (Å²) in [6.45, 7) is 1.98. The summed E-state index contributed by atoms with van der Waals surface area (Å²) >= 11 is 0. The number of fused-ring (bicyclic) bond motifs is 1. The fraction of sp³-hybridized carbons (Fsp3) is 0.381. The van der Waals surface area contributed by atoms with Crippen molar-refractivity contribution >= 4 is 28.9 Å². The second kappa shape index (κ2) is 4.72. The van der Waals surface area contributed by atoms with E-state index in [1.807, 2.05) is 31.2 Å². The van der Waals surface area contributed by atoms with Crippen molar-refractivity contribution < 1.29 is 9.59 Å². The van der Waals surface area contributed by atoms with Gasteiger partial charge in [0.25, 0.3) is 11.8 Å². The Labute approximate surface area is 150 Å². The number of aromatic amines is 1. The fourth-order valence-electron chi connectivity index (χ4n) is 5.64. The van der Waals surface area contributed by atoms with Gasteiger partial charge in [0.15, 0.2) is 0 Å². The average Bonchev–Trinajstić information content (AvgIpc) is 3.36. The molecule has 26 heavy (non-hydrogen) atoms. The molecule has 4 aliphatic carbocycles. The zero-order valence-corrected chi connectivity index (χ0v) is 14.4. The molecule has 5 aliphatic rings. The van der Waals surface area contributed by atoms with Crippen LogP contribution in [0.15, 0.2) is 41.5 Å². The predicted molar refractivity (Wildman–Crippen MR) is 97.2 cm³/mol. The minimum Gasteiger partial charge on any atom is -0.358 e. The van der Waals surface area contributed by atoms with Crippen LogP contribution < -0.4 is 0 Å². The molecule has 1 aliphatic heterocycles. The first-order chi connectivity index (χ1) is 12.6. The third-order valence-corrected chi connectivity index (χ3v) is 6.89. The van der Waals surface area contributed by atoms with Gasteiger partial charge in [-0.25, -0.2) is 0 Å². The number of H-pyrrole nitrogens is 1. The number of carbonyl (C=O) groups excluding carboxylic acids is 2. The maximum atomic E-state index is 13.0. The third-order valence-electron chi connectivity index (χ3n) is 6.89. The number of carbonyl (C=O) groups is 2. The quantitative estimate of drug-likeness (QED) is 0.517. The highest BCUT2D eigenvalue weighted by atomic mass is 16.2. The number of aromatic nitrogens is 1. The van der Waals surface area contributed by atoms with E-state index in [4.69, 9.17) is 0 Å². The zero-order chi connectivity index (χ0) is 17.6. The van der Waals surface area contributed by atoms with Crippen LogP contribution in [0.3, 0.4) is 0 Å². The molecule has 1 aromatic carbocycles. The highest BCUT2D eigenvalue weighted by Gasteiger charge is 2.67. The van der Waals surface area contributed by atoms with Gasteiger partial charge in [-0.05, 0) is 43.1 Å². The van der Waals surface area contributed by atoms with Gasteiger partial charge >= 0.3 is 0 Å². The van der Waals surface area contributed by atoms with Crippen molar-refractivity contribution in [1.29, 1.82) is 0 Å². The Morgan fingerprint density at radius 2 is 1.73 bits per heavy atom. The molecule has 7 rings (SSSR count).